The maximum atomic E-state index is 8.39. The highest BCUT2D eigenvalue weighted by atomic mass is 16.7. The second kappa shape index (κ2) is 5.25. The molecule has 0 aromatic heterocycles. The topological polar surface area (TPSA) is 18.5 Å². The lowest BCUT2D eigenvalue weighted by atomic mass is 9.51. The van der Waals surface area contributed by atoms with E-state index in [1.165, 1.54) is 0 Å². The van der Waals surface area contributed by atoms with Crippen molar-refractivity contribution >= 4 is 291 Å². The minimum Gasteiger partial charge on any atom is -0.356 e. The highest BCUT2D eigenvalue weighted by molar-refractivity contribution is 6.82. The molecule has 33 rings (SSSR count). The average molecular weight is 809 g/mol. The largest absolute Gasteiger partial charge is 0.356 e. The molecule has 0 N–H and O–H groups in total. The molecule has 276 valence electrons. The second-order valence-corrected chi connectivity index (χ2v) is 24.7. The smallest absolute Gasteiger partial charge is 0.162 e. The zero-order valence-electron chi connectivity index (χ0n) is 34.0. The predicted octanol–water partition coefficient (Wildman–Crippen LogP) is 16.9. The van der Waals surface area contributed by atoms with Crippen molar-refractivity contribution in [3.63, 3.8) is 0 Å². The summed E-state index contributed by atoms with van der Waals surface area (Å²) in [5, 5.41) is 88.0. The van der Waals surface area contributed by atoms with Crippen LogP contribution < -0.4 is 0 Å². The van der Waals surface area contributed by atoms with Gasteiger partial charge in [-0.2, -0.15) is 0 Å². The molecule has 28 aromatic carbocycles. The maximum absolute atomic E-state index is 8.39. The highest BCUT2D eigenvalue weighted by Gasteiger charge is 2.77. The number of benzene rings is 18. The Labute approximate surface area is 358 Å². The molecule has 2 atom stereocenters. The summed E-state index contributed by atoms with van der Waals surface area (Å²) in [5.41, 5.74) is 5.33. The van der Waals surface area contributed by atoms with Crippen LogP contribution in [0.25, 0.3) is 291 Å². The van der Waals surface area contributed by atoms with E-state index in [2.05, 4.69) is 6.92 Å². The third-order valence-corrected chi connectivity index (χ3v) is 24.9. The van der Waals surface area contributed by atoms with Crippen LogP contribution in [0.1, 0.15) is 29.2 Å². The van der Waals surface area contributed by atoms with Gasteiger partial charge in [0.1, 0.15) is 5.60 Å². The van der Waals surface area contributed by atoms with Crippen molar-refractivity contribution in [2.24, 2.45) is 5.92 Å². The molecule has 0 bridgehead atoms. The molecule has 1 aliphatic heterocycles. The van der Waals surface area contributed by atoms with E-state index < -0.39 is 11.0 Å². The van der Waals surface area contributed by atoms with Gasteiger partial charge in [0.05, 0.1) is 5.41 Å². The summed E-state index contributed by atoms with van der Waals surface area (Å²) in [7, 11) is 1.96. The Hall–Kier alpha value is -7.62. The van der Waals surface area contributed by atoms with Crippen molar-refractivity contribution in [3.8, 4) is 0 Å². The molecule has 1 fully saturated rings. The van der Waals surface area contributed by atoms with Gasteiger partial charge in [0.2, 0.25) is 0 Å². The van der Waals surface area contributed by atoms with E-state index >= 15 is 0 Å². The number of methoxy groups -OCH3 is 1. The first kappa shape index (κ1) is 24.1. The summed E-state index contributed by atoms with van der Waals surface area (Å²) in [6.45, 7) is 2.58. The van der Waals surface area contributed by atoms with Crippen LogP contribution >= 0.6 is 0 Å². The number of rotatable bonds is 1. The quantitative estimate of drug-likeness (QED) is 0.154. The van der Waals surface area contributed by atoms with Crippen LogP contribution in [0.4, 0.5) is 0 Å². The third kappa shape index (κ3) is 1.18. The Kier molecular flexibility index (Phi) is 1.91. The molecule has 0 saturated carbocycles. The Morgan fingerprint density at radius 1 is 0.242 bits per heavy atom. The molecule has 5 aliphatic rings. The Morgan fingerprint density at radius 3 is 0.561 bits per heavy atom. The van der Waals surface area contributed by atoms with Crippen molar-refractivity contribution in [2.75, 3.05) is 7.11 Å². The van der Waals surface area contributed by atoms with Crippen molar-refractivity contribution in [2.45, 2.75) is 24.2 Å². The van der Waals surface area contributed by atoms with Crippen LogP contribution in [0, 0.1) is 5.92 Å². The first-order valence-corrected chi connectivity index (χ1v) is 24.8. The average Bonchev–Trinajstić information content (AvgIpc) is 4.17. The van der Waals surface area contributed by atoms with Gasteiger partial charge in [0.25, 0.3) is 0 Å². The van der Waals surface area contributed by atoms with E-state index in [4.69, 9.17) is 9.47 Å². The summed E-state index contributed by atoms with van der Waals surface area (Å²) in [5.74, 6) is 0.109. The first-order chi connectivity index (χ1) is 32.8. The van der Waals surface area contributed by atoms with Gasteiger partial charge < -0.3 is 9.47 Å². The van der Waals surface area contributed by atoms with Gasteiger partial charge >= 0.3 is 0 Å². The van der Waals surface area contributed by atoms with Crippen molar-refractivity contribution in [1.82, 2.24) is 0 Å². The van der Waals surface area contributed by atoms with E-state index in [1.807, 2.05) is 7.11 Å². The molecule has 0 amide bonds. The predicted molar refractivity (Wildman–Crippen MR) is 275 cm³/mol. The molecule has 2 nitrogen and oxygen atoms in total. The van der Waals surface area contributed by atoms with Gasteiger partial charge in [-0.05, 0) is 302 Å². The van der Waals surface area contributed by atoms with E-state index in [9.17, 15) is 0 Å². The molecular formula is C64H8O2. The van der Waals surface area contributed by atoms with Crippen molar-refractivity contribution in [3.05, 3.63) is 22.3 Å². The van der Waals surface area contributed by atoms with Gasteiger partial charge in [-0.15, -0.1) is 0 Å². The molecule has 28 aromatic rings. The van der Waals surface area contributed by atoms with Crippen LogP contribution in [0.5, 0.6) is 0 Å². The zero-order valence-corrected chi connectivity index (χ0v) is 34.0. The summed E-state index contributed by atoms with van der Waals surface area (Å²) >= 11 is 0. The van der Waals surface area contributed by atoms with Crippen LogP contribution in [-0.4, -0.2) is 13.4 Å². The monoisotopic (exact) mass is 808 g/mol. The fourth-order valence-electron chi connectivity index (χ4n) is 25.0. The molecule has 66 heavy (non-hydrogen) atoms. The van der Waals surface area contributed by atoms with E-state index in [0.29, 0.717) is 0 Å². The van der Waals surface area contributed by atoms with Gasteiger partial charge in [-0.1, -0.05) is 6.92 Å². The fourth-order valence-corrected chi connectivity index (χ4v) is 25.0. The second-order valence-electron chi connectivity index (χ2n) is 24.7. The summed E-state index contributed by atoms with van der Waals surface area (Å²) in [6.07, 6.45) is -0.329. The Morgan fingerprint density at radius 2 is 0.394 bits per heavy atom. The van der Waals surface area contributed by atoms with Crippen LogP contribution in [-0.2, 0) is 20.5 Å². The van der Waals surface area contributed by atoms with E-state index in [0.717, 1.165) is 0 Å². The highest BCUT2D eigenvalue weighted by Crippen LogP contribution is 2.86. The number of hydrogen-bond acceptors (Lipinski definition) is 2. The van der Waals surface area contributed by atoms with Crippen LogP contribution in [0.2, 0.25) is 0 Å². The number of ether oxygens (including phenoxy) is 2. The lowest BCUT2D eigenvalue weighted by Gasteiger charge is -2.50. The van der Waals surface area contributed by atoms with E-state index in [-0.39, 0.29) is 12.2 Å². The van der Waals surface area contributed by atoms with Crippen molar-refractivity contribution in [1.29, 1.82) is 0 Å². The third-order valence-electron chi connectivity index (χ3n) is 24.9. The van der Waals surface area contributed by atoms with Gasteiger partial charge in [0, 0.05) is 24.2 Å². The molecule has 2 heteroatoms. The SMILES string of the molecule is CO[C@@H]1OC23c4c5c6c7c8c9c(c%10c%11c2c2c4c4c%12c5c5c6c6c8c8c%13c9c9c%10c%10c%11c%11c2c2c4c4c%12c%12c5c5c6c8c6c8c%13c9c9c%10c%10c%11c2c2c4c4c%12c5c6c5c8c9c%10c2c45)C73[C@H]1C. The minimum absolute atomic E-state index is 0.109. The fraction of sp³-hybridized carbons (Fsp3) is 0.0938. The molecule has 0 radical (unpaired) electrons. The van der Waals surface area contributed by atoms with Gasteiger partial charge in [-0.3, -0.25) is 0 Å². The van der Waals surface area contributed by atoms with Crippen LogP contribution in [0.3, 0.4) is 0 Å². The standard InChI is InChI=1S/C64H8O2/c1-3-62(65-2)66-64-60-54-48-38-26-18-10-6-4-5-8-12(10)20(26)30-24-16(8)17-9(5)13-11-7(4)15-14(6)22-28(18)36-42-32(22)33-23(15)29-19(11)27-21(13)31-25(17)35-34(24)46(40(30)48)56(60)57-47(35)41(31)49-39(27)45-37(29)43(33)51-50(42)58(52(54)44(36)38)63(3,64)59(51)53(45)55(49)61(57)64/h3,62H,1-2H3/t3-,62+,63?,64?/m0/s1. The summed E-state index contributed by atoms with van der Waals surface area (Å²) in [4.78, 5) is 0. The minimum atomic E-state index is -0.682. The van der Waals surface area contributed by atoms with E-state index in [1.54, 1.807) is 313 Å². The lowest BCUT2D eigenvalue weighted by Crippen LogP contribution is -2.51. The molecule has 4 aliphatic carbocycles. The van der Waals surface area contributed by atoms with Crippen molar-refractivity contribution < 1.29 is 9.47 Å². The Bertz CT molecular complexity index is 6840. The Balaban J connectivity index is 1.26. The normalized spacial score (nSPS) is 25.5. The number of hydrogen-bond donors (Lipinski definition) is 0. The van der Waals surface area contributed by atoms with Crippen LogP contribution in [0.15, 0.2) is 0 Å². The van der Waals surface area contributed by atoms with Gasteiger partial charge in [0.15, 0.2) is 6.29 Å². The maximum Gasteiger partial charge on any atom is 0.162 e. The summed E-state index contributed by atoms with van der Waals surface area (Å²) < 4.78 is 15.2. The molecule has 1 heterocycles. The zero-order chi connectivity index (χ0) is 39.1. The van der Waals surface area contributed by atoms with Gasteiger partial charge in [-0.25, -0.2) is 0 Å². The first-order valence-electron chi connectivity index (χ1n) is 24.8. The lowest BCUT2D eigenvalue weighted by molar-refractivity contribution is -0.155. The summed E-state index contributed by atoms with van der Waals surface area (Å²) in [6, 6.07) is 0. The molecule has 1 saturated heterocycles. The molecule has 0 unspecified atom stereocenters. The molecule has 2 spiro atoms. The molecular weight excluding hydrogens is 801 g/mol.